The molecule has 0 bridgehead atoms. The van der Waals surface area contributed by atoms with Gasteiger partial charge in [0.15, 0.2) is 6.04 Å². The van der Waals surface area contributed by atoms with E-state index in [1.807, 2.05) is 0 Å². The molecule has 23 heavy (non-hydrogen) atoms. The van der Waals surface area contributed by atoms with Crippen LogP contribution in [-0.4, -0.2) is 58.4 Å². The number of aliphatic carboxylic acids is 2. The van der Waals surface area contributed by atoms with Gasteiger partial charge in [-0.25, -0.2) is 4.79 Å². The van der Waals surface area contributed by atoms with E-state index in [2.05, 4.69) is 6.92 Å². The summed E-state index contributed by atoms with van der Waals surface area (Å²) in [4.78, 5) is 22.7. The van der Waals surface area contributed by atoms with Gasteiger partial charge in [-0.3, -0.25) is 0 Å². The van der Waals surface area contributed by atoms with Crippen LogP contribution in [0.4, 0.5) is 0 Å². The monoisotopic (exact) mass is 356 g/mol. The zero-order chi connectivity index (χ0) is 17.2. The Kier molecular flexibility index (Phi) is 15.4. The van der Waals surface area contributed by atoms with E-state index in [-0.39, 0.29) is 69.0 Å². The molecule has 130 valence electrons. The molecular formula is C16H31KNO5+. The smallest absolute Gasteiger partial charge is 0.544 e. The second-order valence-corrected chi connectivity index (χ2v) is 6.05. The molecule has 6 nitrogen and oxygen atoms in total. The number of quaternary nitrogens is 1. The predicted octanol–water partition coefficient (Wildman–Crippen LogP) is -2.23. The Morgan fingerprint density at radius 2 is 1.52 bits per heavy atom. The Balaban J connectivity index is 0. The predicted molar refractivity (Wildman–Crippen MR) is 82.0 cm³/mol. The first-order valence-corrected chi connectivity index (χ1v) is 8.24. The molecule has 0 rings (SSSR count). The van der Waals surface area contributed by atoms with Gasteiger partial charge in [-0.2, -0.15) is 0 Å². The van der Waals surface area contributed by atoms with E-state index in [0.29, 0.717) is 6.54 Å². The molecule has 0 fully saturated rings. The number of carbonyl (C=O) groups excluding carboxylic acids is 1. The van der Waals surface area contributed by atoms with Crippen LogP contribution in [0, 0.1) is 0 Å². The normalized spacial score (nSPS) is 16.0. The second kappa shape index (κ2) is 13.7. The van der Waals surface area contributed by atoms with Crippen LogP contribution in [0.25, 0.3) is 0 Å². The van der Waals surface area contributed by atoms with Crippen molar-refractivity contribution in [2.45, 2.75) is 71.4 Å². The number of nitrogens with zero attached hydrogens (tertiary/aromatic N) is 1. The summed E-state index contributed by atoms with van der Waals surface area (Å²) in [6.45, 7) is 5.41. The molecule has 0 saturated heterocycles. The van der Waals surface area contributed by atoms with Crippen LogP contribution < -0.4 is 56.5 Å². The van der Waals surface area contributed by atoms with Crippen LogP contribution in [0.15, 0.2) is 0 Å². The summed E-state index contributed by atoms with van der Waals surface area (Å²) in [5.74, 6) is -2.32. The summed E-state index contributed by atoms with van der Waals surface area (Å²) in [6, 6.07) is -1.86. The second-order valence-electron chi connectivity index (χ2n) is 6.05. The van der Waals surface area contributed by atoms with E-state index >= 15 is 0 Å². The maximum absolute atomic E-state index is 11.4. The molecule has 0 aromatic heterocycles. The van der Waals surface area contributed by atoms with Crippen molar-refractivity contribution in [1.82, 2.24) is 0 Å². The number of carbonyl (C=O) groups is 2. The molecule has 3 unspecified atom stereocenters. The van der Waals surface area contributed by atoms with Crippen molar-refractivity contribution >= 4 is 11.9 Å². The van der Waals surface area contributed by atoms with Gasteiger partial charge in [0.2, 0.25) is 0 Å². The molecule has 0 saturated carbocycles. The fourth-order valence-electron chi connectivity index (χ4n) is 3.02. The Morgan fingerprint density at radius 3 is 1.96 bits per heavy atom. The Morgan fingerprint density at radius 1 is 1.00 bits per heavy atom. The zero-order valence-corrected chi connectivity index (χ0v) is 18.2. The van der Waals surface area contributed by atoms with Gasteiger partial charge in [0.1, 0.15) is 12.6 Å². The molecule has 0 aliphatic heterocycles. The molecule has 2 N–H and O–H groups in total. The van der Waals surface area contributed by atoms with Crippen LogP contribution in [0.2, 0.25) is 0 Å². The summed E-state index contributed by atoms with van der Waals surface area (Å²) < 4.78 is -0.165. The van der Waals surface area contributed by atoms with Crippen molar-refractivity contribution in [3.8, 4) is 0 Å². The largest absolute Gasteiger partial charge is 1.00 e. The van der Waals surface area contributed by atoms with Crippen molar-refractivity contribution in [3.63, 3.8) is 0 Å². The average Bonchev–Trinajstić information content (AvgIpc) is 2.47. The first kappa shape index (κ1) is 25.7. The third-order valence-corrected chi connectivity index (χ3v) is 4.69. The molecule has 0 radical (unpaired) electrons. The third-order valence-electron chi connectivity index (χ3n) is 4.69. The van der Waals surface area contributed by atoms with E-state index in [4.69, 9.17) is 0 Å². The summed E-state index contributed by atoms with van der Waals surface area (Å²) in [5.41, 5.74) is 0. The molecule has 7 heteroatoms. The number of carboxylic acids is 2. The molecule has 0 aromatic carbocycles. The molecule has 3 atom stereocenters. The first-order valence-electron chi connectivity index (χ1n) is 8.24. The SMILES string of the molecule is CCCCCCCC[N+](CCO)(C(C)C(=O)[O-])C(C)C(=O)O.[K+]. The quantitative estimate of drug-likeness (QED) is 0.221. The number of hydrogen-bond acceptors (Lipinski definition) is 4. The minimum atomic E-state index is -1.27. The number of carboxylic acid groups (broad SMARTS) is 2. The minimum Gasteiger partial charge on any atom is -0.544 e. The number of rotatable bonds is 13. The summed E-state index contributed by atoms with van der Waals surface area (Å²) in [5, 5.41) is 30.0. The number of hydrogen-bond donors (Lipinski definition) is 2. The van der Waals surface area contributed by atoms with Gasteiger partial charge in [-0.1, -0.05) is 32.6 Å². The van der Waals surface area contributed by atoms with Gasteiger partial charge < -0.3 is 24.6 Å². The van der Waals surface area contributed by atoms with Crippen molar-refractivity contribution in [1.29, 1.82) is 0 Å². The maximum Gasteiger partial charge on any atom is 1.00 e. The van der Waals surface area contributed by atoms with Crippen LogP contribution >= 0.6 is 0 Å². The topological polar surface area (TPSA) is 97.7 Å². The summed E-state index contributed by atoms with van der Waals surface area (Å²) in [6.07, 6.45) is 6.23. The molecular weight excluding hydrogens is 325 g/mol. The van der Waals surface area contributed by atoms with Crippen LogP contribution in [0.1, 0.15) is 59.3 Å². The van der Waals surface area contributed by atoms with Gasteiger partial charge in [0.25, 0.3) is 0 Å². The van der Waals surface area contributed by atoms with Crippen LogP contribution in [0.5, 0.6) is 0 Å². The van der Waals surface area contributed by atoms with Crippen molar-refractivity contribution < 1.29 is 80.8 Å². The molecule has 0 amide bonds. The van der Waals surface area contributed by atoms with Crippen molar-refractivity contribution in [2.24, 2.45) is 0 Å². The molecule has 0 aliphatic rings. The Hall–Kier alpha value is 0.496. The first-order chi connectivity index (χ1) is 10.3. The fraction of sp³-hybridized carbons (Fsp3) is 0.875. The standard InChI is InChI=1S/C16H31NO5.K/c1-4-5-6-7-8-9-10-17(11-12-18,13(2)15(19)20)14(3)16(21)22;/h13-14,18H,4-12H2,1-3H3,(H-,19,20,21,22);/q;+1. The zero-order valence-electron chi connectivity index (χ0n) is 15.1. The van der Waals surface area contributed by atoms with Crippen LogP contribution in [-0.2, 0) is 9.59 Å². The van der Waals surface area contributed by atoms with E-state index < -0.39 is 24.0 Å². The Bertz CT molecular complexity index is 331. The molecule has 0 spiro atoms. The van der Waals surface area contributed by atoms with Gasteiger partial charge in [-0.05, 0) is 26.7 Å². The summed E-state index contributed by atoms with van der Waals surface area (Å²) >= 11 is 0. The number of aliphatic hydroxyl groups excluding tert-OH is 1. The minimum absolute atomic E-state index is 0. The van der Waals surface area contributed by atoms with E-state index in [1.54, 1.807) is 0 Å². The number of unbranched alkanes of at least 4 members (excludes halogenated alkanes) is 5. The van der Waals surface area contributed by atoms with E-state index in [0.717, 1.165) is 32.1 Å². The van der Waals surface area contributed by atoms with Crippen molar-refractivity contribution in [2.75, 3.05) is 19.7 Å². The van der Waals surface area contributed by atoms with Gasteiger partial charge in [0.05, 0.1) is 19.1 Å². The van der Waals surface area contributed by atoms with Gasteiger partial charge in [0, 0.05) is 0 Å². The van der Waals surface area contributed by atoms with Gasteiger partial charge >= 0.3 is 57.4 Å². The number of aliphatic hydroxyl groups is 1. The van der Waals surface area contributed by atoms with Gasteiger partial charge in [-0.15, -0.1) is 0 Å². The summed E-state index contributed by atoms with van der Waals surface area (Å²) in [7, 11) is 0. The molecule has 0 heterocycles. The fourth-order valence-corrected chi connectivity index (χ4v) is 3.02. The Labute approximate surface area is 182 Å². The molecule has 0 aliphatic carbocycles. The van der Waals surface area contributed by atoms with Crippen molar-refractivity contribution in [3.05, 3.63) is 0 Å². The van der Waals surface area contributed by atoms with E-state index in [1.165, 1.54) is 20.3 Å². The molecule has 0 aromatic rings. The van der Waals surface area contributed by atoms with E-state index in [9.17, 15) is 24.9 Å². The third kappa shape index (κ3) is 8.42. The maximum atomic E-state index is 11.4. The average molecular weight is 357 g/mol. The van der Waals surface area contributed by atoms with Crippen LogP contribution in [0.3, 0.4) is 0 Å².